The third kappa shape index (κ3) is 4.63. The van der Waals surface area contributed by atoms with Crippen LogP contribution in [0.2, 0.25) is 0 Å². The number of aromatic nitrogens is 3. The van der Waals surface area contributed by atoms with Gasteiger partial charge in [-0.3, -0.25) is 5.10 Å². The Morgan fingerprint density at radius 2 is 1.71 bits per heavy atom. The highest BCUT2D eigenvalue weighted by Gasteiger charge is 2.14. The normalized spacial score (nSPS) is 11.3. The van der Waals surface area contributed by atoms with Crippen molar-refractivity contribution < 1.29 is 14.2 Å². The van der Waals surface area contributed by atoms with Crippen molar-refractivity contribution in [1.29, 1.82) is 0 Å². The highest BCUT2D eigenvalue weighted by Crippen LogP contribution is 2.31. The zero-order valence-electron chi connectivity index (χ0n) is 17.1. The fourth-order valence-corrected chi connectivity index (χ4v) is 2.77. The van der Waals surface area contributed by atoms with Gasteiger partial charge in [0.2, 0.25) is 0 Å². The molecular formula is C22H27N3O3. The summed E-state index contributed by atoms with van der Waals surface area (Å²) in [5.74, 6) is 3.40. The maximum Gasteiger partial charge on any atom is 0.181 e. The van der Waals surface area contributed by atoms with Crippen molar-refractivity contribution in [3.63, 3.8) is 0 Å². The van der Waals surface area contributed by atoms with Gasteiger partial charge >= 0.3 is 0 Å². The summed E-state index contributed by atoms with van der Waals surface area (Å²) in [4.78, 5) is 4.52. The second-order valence-corrected chi connectivity index (χ2v) is 7.47. The second-order valence-electron chi connectivity index (χ2n) is 7.47. The summed E-state index contributed by atoms with van der Waals surface area (Å²) in [5.41, 5.74) is 2.24. The first-order valence-electron chi connectivity index (χ1n) is 9.36. The van der Waals surface area contributed by atoms with Crippen molar-refractivity contribution in [2.75, 3.05) is 13.7 Å². The van der Waals surface area contributed by atoms with E-state index in [0.29, 0.717) is 36.4 Å². The second kappa shape index (κ2) is 8.33. The van der Waals surface area contributed by atoms with Crippen LogP contribution in [-0.2, 0) is 12.0 Å². The standard InChI is InChI=1S/C22H27N3O3/c1-6-27-18-12-7-15(13-19(18)26-5)21-23-20(24-25-21)14-28-17-10-8-16(9-11-17)22(2,3)4/h7-13H,6,14H2,1-5H3,(H,23,24,25). The molecule has 6 nitrogen and oxygen atoms in total. The largest absolute Gasteiger partial charge is 0.493 e. The van der Waals surface area contributed by atoms with Crippen molar-refractivity contribution in [3.05, 3.63) is 53.9 Å². The maximum absolute atomic E-state index is 5.83. The van der Waals surface area contributed by atoms with Crippen molar-refractivity contribution >= 4 is 0 Å². The minimum Gasteiger partial charge on any atom is -0.493 e. The van der Waals surface area contributed by atoms with Gasteiger partial charge in [0, 0.05) is 5.56 Å². The van der Waals surface area contributed by atoms with Gasteiger partial charge in [0.1, 0.15) is 12.4 Å². The molecule has 0 fully saturated rings. The molecule has 0 amide bonds. The molecule has 1 aromatic heterocycles. The molecule has 3 aromatic rings. The fraction of sp³-hybridized carbons (Fsp3) is 0.364. The molecule has 0 bridgehead atoms. The third-order valence-electron chi connectivity index (χ3n) is 4.35. The van der Waals surface area contributed by atoms with E-state index in [2.05, 4.69) is 48.1 Å². The molecule has 0 spiro atoms. The van der Waals surface area contributed by atoms with Crippen molar-refractivity contribution in [1.82, 2.24) is 15.2 Å². The Morgan fingerprint density at radius 3 is 2.36 bits per heavy atom. The van der Waals surface area contributed by atoms with Crippen LogP contribution in [0.4, 0.5) is 0 Å². The van der Waals surface area contributed by atoms with Gasteiger partial charge in [-0.1, -0.05) is 32.9 Å². The molecule has 28 heavy (non-hydrogen) atoms. The molecule has 0 unspecified atom stereocenters. The Balaban J connectivity index is 1.67. The first-order chi connectivity index (χ1) is 13.4. The number of methoxy groups -OCH3 is 1. The summed E-state index contributed by atoms with van der Waals surface area (Å²) in [6, 6.07) is 13.8. The molecule has 0 atom stereocenters. The molecule has 2 aromatic carbocycles. The summed E-state index contributed by atoms with van der Waals surface area (Å²) in [5, 5.41) is 7.21. The molecule has 0 aliphatic carbocycles. The lowest BCUT2D eigenvalue weighted by Gasteiger charge is -2.19. The summed E-state index contributed by atoms with van der Waals surface area (Å²) >= 11 is 0. The van der Waals surface area contributed by atoms with Gasteiger partial charge in [-0.15, -0.1) is 0 Å². The van der Waals surface area contributed by atoms with E-state index in [1.807, 2.05) is 37.3 Å². The Hall–Kier alpha value is -3.02. The predicted octanol–water partition coefficient (Wildman–Crippen LogP) is 4.76. The van der Waals surface area contributed by atoms with Crippen LogP contribution < -0.4 is 14.2 Å². The molecule has 148 valence electrons. The third-order valence-corrected chi connectivity index (χ3v) is 4.35. The number of benzene rings is 2. The Bertz CT molecular complexity index is 912. The number of aromatic amines is 1. The van der Waals surface area contributed by atoms with E-state index in [1.54, 1.807) is 7.11 Å². The number of hydrogen-bond donors (Lipinski definition) is 1. The highest BCUT2D eigenvalue weighted by molar-refractivity contribution is 5.60. The Morgan fingerprint density at radius 1 is 0.964 bits per heavy atom. The molecule has 3 rings (SSSR count). The monoisotopic (exact) mass is 381 g/mol. The summed E-state index contributed by atoms with van der Waals surface area (Å²) in [6.07, 6.45) is 0. The topological polar surface area (TPSA) is 69.3 Å². The van der Waals surface area contributed by atoms with Crippen LogP contribution in [-0.4, -0.2) is 28.9 Å². The highest BCUT2D eigenvalue weighted by atomic mass is 16.5. The first-order valence-corrected chi connectivity index (χ1v) is 9.36. The zero-order valence-corrected chi connectivity index (χ0v) is 17.1. The summed E-state index contributed by atoms with van der Waals surface area (Å²) in [7, 11) is 1.61. The number of nitrogens with zero attached hydrogens (tertiary/aromatic N) is 2. The van der Waals surface area contributed by atoms with Crippen LogP contribution >= 0.6 is 0 Å². The number of nitrogens with one attached hydrogen (secondary N) is 1. The van der Waals surface area contributed by atoms with E-state index in [0.717, 1.165) is 11.3 Å². The van der Waals surface area contributed by atoms with Gasteiger partial charge in [0.05, 0.1) is 13.7 Å². The molecule has 1 N–H and O–H groups in total. The average molecular weight is 381 g/mol. The minimum atomic E-state index is 0.122. The Kier molecular flexibility index (Phi) is 5.87. The van der Waals surface area contributed by atoms with Crippen LogP contribution in [0, 0.1) is 0 Å². The van der Waals surface area contributed by atoms with E-state index in [-0.39, 0.29) is 5.41 Å². The number of ether oxygens (including phenoxy) is 3. The van der Waals surface area contributed by atoms with E-state index >= 15 is 0 Å². The van der Waals surface area contributed by atoms with E-state index < -0.39 is 0 Å². The van der Waals surface area contributed by atoms with Gasteiger partial charge in [-0.25, -0.2) is 4.98 Å². The molecule has 0 saturated heterocycles. The molecule has 0 aliphatic rings. The minimum absolute atomic E-state index is 0.122. The van der Waals surface area contributed by atoms with Gasteiger partial charge in [-0.05, 0) is 48.2 Å². The Labute approximate surface area is 165 Å². The SMILES string of the molecule is CCOc1ccc(-c2n[nH]c(COc3ccc(C(C)(C)C)cc3)n2)cc1OC. The van der Waals surface area contributed by atoms with Crippen molar-refractivity contribution in [2.45, 2.75) is 39.7 Å². The predicted molar refractivity (Wildman–Crippen MR) is 109 cm³/mol. The molecule has 0 saturated carbocycles. The number of rotatable bonds is 7. The lowest BCUT2D eigenvalue weighted by Crippen LogP contribution is -2.10. The van der Waals surface area contributed by atoms with Crippen molar-refractivity contribution in [3.8, 4) is 28.6 Å². The van der Waals surface area contributed by atoms with Gasteiger partial charge in [-0.2, -0.15) is 5.10 Å². The quantitative estimate of drug-likeness (QED) is 0.639. The number of hydrogen-bond acceptors (Lipinski definition) is 5. The van der Waals surface area contributed by atoms with Crippen LogP contribution in [0.1, 0.15) is 39.1 Å². The maximum atomic E-state index is 5.83. The number of H-pyrrole nitrogens is 1. The lowest BCUT2D eigenvalue weighted by atomic mass is 9.87. The van der Waals surface area contributed by atoms with Crippen LogP contribution in [0.25, 0.3) is 11.4 Å². The molecular weight excluding hydrogens is 354 g/mol. The van der Waals surface area contributed by atoms with E-state index in [9.17, 15) is 0 Å². The summed E-state index contributed by atoms with van der Waals surface area (Å²) < 4.78 is 16.8. The molecule has 0 aliphatic heterocycles. The van der Waals surface area contributed by atoms with Gasteiger partial charge < -0.3 is 14.2 Å². The molecule has 0 radical (unpaired) electrons. The van der Waals surface area contributed by atoms with Gasteiger partial charge in [0.15, 0.2) is 23.1 Å². The summed E-state index contributed by atoms with van der Waals surface area (Å²) in [6.45, 7) is 9.40. The average Bonchev–Trinajstić information content (AvgIpc) is 3.15. The van der Waals surface area contributed by atoms with Gasteiger partial charge in [0.25, 0.3) is 0 Å². The van der Waals surface area contributed by atoms with Crippen molar-refractivity contribution in [2.24, 2.45) is 0 Å². The molecule has 6 heteroatoms. The fourth-order valence-electron chi connectivity index (χ4n) is 2.77. The van der Waals surface area contributed by atoms with E-state index in [4.69, 9.17) is 14.2 Å². The zero-order chi connectivity index (χ0) is 20.1. The first kappa shape index (κ1) is 19.7. The van der Waals surface area contributed by atoms with Crippen LogP contribution in [0.5, 0.6) is 17.2 Å². The lowest BCUT2D eigenvalue weighted by molar-refractivity contribution is 0.296. The van der Waals surface area contributed by atoms with Crippen LogP contribution in [0.15, 0.2) is 42.5 Å². The van der Waals surface area contributed by atoms with Crippen LogP contribution in [0.3, 0.4) is 0 Å². The molecule has 1 heterocycles. The smallest absolute Gasteiger partial charge is 0.181 e. The van der Waals surface area contributed by atoms with E-state index in [1.165, 1.54) is 5.56 Å².